The standard InChI is InChI=1S/C23H36O4/c1-14(24)27-13-21(26)20-7-6-18-17-5-4-15-12-16(25)8-10-22(15,2)19(17)9-11-23(18,20)3/h15-20,25H,4-13H2,1-3H3/t15-,16-,17-,18-,19-,20?,22-,23-/m0/s1. The van der Waals surface area contributed by atoms with Crippen molar-refractivity contribution in [2.75, 3.05) is 6.61 Å². The van der Waals surface area contributed by atoms with Crippen molar-refractivity contribution in [3.63, 3.8) is 0 Å². The number of hydrogen-bond acceptors (Lipinski definition) is 4. The molecule has 0 radical (unpaired) electrons. The van der Waals surface area contributed by atoms with Gasteiger partial charge in [0.2, 0.25) is 0 Å². The highest BCUT2D eigenvalue weighted by molar-refractivity contribution is 5.85. The van der Waals surface area contributed by atoms with Gasteiger partial charge in [-0.3, -0.25) is 9.59 Å². The molecule has 8 atom stereocenters. The van der Waals surface area contributed by atoms with Crippen molar-refractivity contribution in [3.8, 4) is 0 Å². The lowest BCUT2D eigenvalue weighted by Crippen LogP contribution is -2.54. The van der Waals surface area contributed by atoms with E-state index >= 15 is 0 Å². The summed E-state index contributed by atoms with van der Waals surface area (Å²) in [6, 6.07) is 0. The average Bonchev–Trinajstić information content (AvgIpc) is 2.97. The summed E-state index contributed by atoms with van der Waals surface area (Å²) < 4.78 is 5.03. The molecule has 0 heterocycles. The summed E-state index contributed by atoms with van der Waals surface area (Å²) in [5.74, 6) is 2.62. The molecule has 0 aromatic heterocycles. The molecule has 4 rings (SSSR count). The third-order valence-corrected chi connectivity index (χ3v) is 9.44. The first-order valence-corrected chi connectivity index (χ1v) is 11.1. The van der Waals surface area contributed by atoms with Gasteiger partial charge < -0.3 is 9.84 Å². The lowest BCUT2D eigenvalue weighted by atomic mass is 9.44. The first kappa shape index (κ1) is 19.4. The number of aliphatic hydroxyl groups excluding tert-OH is 1. The Bertz CT molecular complexity index is 615. The Hall–Kier alpha value is -0.900. The van der Waals surface area contributed by atoms with Crippen LogP contribution in [0.4, 0.5) is 0 Å². The zero-order chi connectivity index (χ0) is 19.4. The predicted molar refractivity (Wildman–Crippen MR) is 103 cm³/mol. The van der Waals surface area contributed by atoms with E-state index in [0.29, 0.717) is 17.3 Å². The topological polar surface area (TPSA) is 63.6 Å². The van der Waals surface area contributed by atoms with Crippen LogP contribution in [0.5, 0.6) is 0 Å². The predicted octanol–water partition coefficient (Wildman–Crippen LogP) is 4.14. The largest absolute Gasteiger partial charge is 0.458 e. The van der Waals surface area contributed by atoms with Crippen LogP contribution in [0, 0.1) is 40.4 Å². The molecule has 4 saturated carbocycles. The van der Waals surface area contributed by atoms with Gasteiger partial charge >= 0.3 is 5.97 Å². The third kappa shape index (κ3) is 3.07. The fourth-order valence-corrected chi connectivity index (χ4v) is 8.04. The molecule has 0 bridgehead atoms. The number of esters is 1. The normalized spacial score (nSPS) is 48.9. The average molecular weight is 377 g/mol. The van der Waals surface area contributed by atoms with Crippen LogP contribution in [0.1, 0.15) is 78.6 Å². The van der Waals surface area contributed by atoms with Crippen LogP contribution < -0.4 is 0 Å². The minimum absolute atomic E-state index is 0.0475. The van der Waals surface area contributed by atoms with Crippen molar-refractivity contribution >= 4 is 11.8 Å². The van der Waals surface area contributed by atoms with Crippen LogP contribution in [0.25, 0.3) is 0 Å². The van der Waals surface area contributed by atoms with E-state index in [4.69, 9.17) is 4.74 Å². The molecular formula is C23H36O4. The van der Waals surface area contributed by atoms with Crippen molar-refractivity contribution in [1.82, 2.24) is 0 Å². The van der Waals surface area contributed by atoms with Gasteiger partial charge in [-0.25, -0.2) is 0 Å². The molecule has 0 spiro atoms. The SMILES string of the molecule is CC(=O)OCC(=O)C1CC[C@H]2[C@@H]3CC[C@H]4C[C@@H](O)CC[C@]4(C)[C@H]3CC[C@]12C. The molecule has 4 heteroatoms. The summed E-state index contributed by atoms with van der Waals surface area (Å²) in [7, 11) is 0. The number of ether oxygens (including phenoxy) is 1. The van der Waals surface area contributed by atoms with Gasteiger partial charge in [-0.05, 0) is 92.3 Å². The van der Waals surface area contributed by atoms with E-state index in [1.54, 1.807) is 0 Å². The first-order valence-electron chi connectivity index (χ1n) is 11.1. The van der Waals surface area contributed by atoms with E-state index in [9.17, 15) is 14.7 Å². The van der Waals surface area contributed by atoms with Crippen LogP contribution in [-0.4, -0.2) is 29.6 Å². The molecule has 4 nitrogen and oxygen atoms in total. The highest BCUT2D eigenvalue weighted by Gasteiger charge is 2.61. The highest BCUT2D eigenvalue weighted by atomic mass is 16.5. The van der Waals surface area contributed by atoms with E-state index in [-0.39, 0.29) is 35.8 Å². The number of hydrogen-bond donors (Lipinski definition) is 1. The van der Waals surface area contributed by atoms with Gasteiger partial charge in [-0.1, -0.05) is 13.8 Å². The number of ketones is 1. The van der Waals surface area contributed by atoms with Crippen LogP contribution in [0.3, 0.4) is 0 Å². The van der Waals surface area contributed by atoms with Crippen molar-refractivity contribution in [3.05, 3.63) is 0 Å². The molecule has 1 unspecified atom stereocenters. The zero-order valence-electron chi connectivity index (χ0n) is 17.2. The smallest absolute Gasteiger partial charge is 0.303 e. The molecule has 4 fully saturated rings. The van der Waals surface area contributed by atoms with E-state index in [1.165, 1.54) is 26.2 Å². The third-order valence-electron chi connectivity index (χ3n) is 9.44. The van der Waals surface area contributed by atoms with Gasteiger partial charge in [0.25, 0.3) is 0 Å². The molecule has 0 amide bonds. The summed E-state index contributed by atoms with van der Waals surface area (Å²) in [5.41, 5.74) is 0.457. The van der Waals surface area contributed by atoms with Crippen LogP contribution >= 0.6 is 0 Å². The van der Waals surface area contributed by atoms with Crippen LogP contribution in [0.2, 0.25) is 0 Å². The summed E-state index contributed by atoms with van der Waals surface area (Å²) in [6.45, 7) is 6.17. The fraction of sp³-hybridized carbons (Fsp3) is 0.913. The quantitative estimate of drug-likeness (QED) is 0.752. The van der Waals surface area contributed by atoms with Crippen LogP contribution in [-0.2, 0) is 14.3 Å². The van der Waals surface area contributed by atoms with Crippen molar-refractivity contribution in [2.45, 2.75) is 84.7 Å². The Morgan fingerprint density at radius 1 is 0.963 bits per heavy atom. The van der Waals surface area contributed by atoms with Crippen molar-refractivity contribution < 1.29 is 19.4 Å². The van der Waals surface area contributed by atoms with Crippen LogP contribution in [0.15, 0.2) is 0 Å². The molecule has 0 aliphatic heterocycles. The minimum Gasteiger partial charge on any atom is -0.458 e. The van der Waals surface area contributed by atoms with E-state index in [1.807, 2.05) is 0 Å². The van der Waals surface area contributed by atoms with E-state index in [0.717, 1.165) is 50.4 Å². The molecule has 27 heavy (non-hydrogen) atoms. The number of aliphatic hydroxyl groups is 1. The fourth-order valence-electron chi connectivity index (χ4n) is 8.04. The molecule has 4 aliphatic carbocycles. The molecule has 0 aromatic carbocycles. The first-order chi connectivity index (χ1) is 12.8. The number of Topliss-reactive ketones (excluding diaryl/α,β-unsaturated/α-hetero) is 1. The lowest BCUT2D eigenvalue weighted by Gasteiger charge is -2.60. The Kier molecular flexibility index (Phi) is 4.93. The number of fused-ring (bicyclic) bond motifs is 5. The Morgan fingerprint density at radius 3 is 2.41 bits per heavy atom. The van der Waals surface area contributed by atoms with Gasteiger partial charge in [0, 0.05) is 12.8 Å². The van der Waals surface area contributed by atoms with Gasteiger partial charge in [0.15, 0.2) is 5.78 Å². The molecular weight excluding hydrogens is 340 g/mol. The van der Waals surface area contributed by atoms with Gasteiger partial charge in [0.05, 0.1) is 6.10 Å². The maximum Gasteiger partial charge on any atom is 0.303 e. The summed E-state index contributed by atoms with van der Waals surface area (Å²) in [6.07, 6.45) is 9.99. The second kappa shape index (κ2) is 6.86. The minimum atomic E-state index is -0.363. The van der Waals surface area contributed by atoms with Crippen molar-refractivity contribution in [1.29, 1.82) is 0 Å². The summed E-state index contributed by atoms with van der Waals surface area (Å²) >= 11 is 0. The Morgan fingerprint density at radius 2 is 1.67 bits per heavy atom. The zero-order valence-corrected chi connectivity index (χ0v) is 17.2. The second-order valence-electron chi connectivity index (χ2n) is 10.5. The highest BCUT2D eigenvalue weighted by Crippen LogP contribution is 2.67. The van der Waals surface area contributed by atoms with Crippen molar-refractivity contribution in [2.24, 2.45) is 40.4 Å². The van der Waals surface area contributed by atoms with Gasteiger partial charge in [-0.2, -0.15) is 0 Å². The second-order valence-corrected chi connectivity index (χ2v) is 10.5. The molecule has 0 aromatic rings. The molecule has 152 valence electrons. The number of rotatable bonds is 3. The lowest BCUT2D eigenvalue weighted by molar-refractivity contribution is -0.151. The number of carbonyl (C=O) groups is 2. The summed E-state index contributed by atoms with van der Waals surface area (Å²) in [4.78, 5) is 23.9. The van der Waals surface area contributed by atoms with E-state index in [2.05, 4.69) is 13.8 Å². The maximum absolute atomic E-state index is 12.8. The molecule has 4 aliphatic rings. The summed E-state index contributed by atoms with van der Waals surface area (Å²) in [5, 5.41) is 10.2. The Balaban J connectivity index is 1.52. The van der Waals surface area contributed by atoms with E-state index < -0.39 is 0 Å². The van der Waals surface area contributed by atoms with Gasteiger partial charge in [-0.15, -0.1) is 0 Å². The Labute approximate surface area is 163 Å². The number of carbonyl (C=O) groups excluding carboxylic acids is 2. The molecule has 1 N–H and O–H groups in total. The van der Waals surface area contributed by atoms with Gasteiger partial charge in [0.1, 0.15) is 6.61 Å². The molecule has 0 saturated heterocycles. The monoisotopic (exact) mass is 376 g/mol. The maximum atomic E-state index is 12.8.